The van der Waals surface area contributed by atoms with Crippen molar-refractivity contribution in [3.05, 3.63) is 95.8 Å². The number of carbonyl (C=O) groups excluding carboxylic acids is 1. The summed E-state index contributed by atoms with van der Waals surface area (Å²) in [4.78, 5) is 15.0. The highest BCUT2D eigenvalue weighted by Gasteiger charge is 2.30. The molecule has 0 radical (unpaired) electrons. The van der Waals surface area contributed by atoms with E-state index in [1.165, 1.54) is 4.31 Å². The van der Waals surface area contributed by atoms with Gasteiger partial charge in [-0.05, 0) is 58.8 Å². The van der Waals surface area contributed by atoms with Crippen molar-refractivity contribution >= 4 is 38.3 Å². The standard InChI is InChI=1S/C27H25ClN3O3S/c1-29-12-2-3-24(19-29)20-4-6-21(7-5-20)27(32)30-13-15-31(16-14-30)35(33,34)26-11-9-22-17-25(28)10-8-23(22)18-26/h2-12,17-19H,13-16H2,1H3/q+1. The molecule has 0 spiro atoms. The first kappa shape index (κ1) is 23.5. The van der Waals surface area contributed by atoms with Crippen molar-refractivity contribution in [2.24, 2.45) is 7.05 Å². The molecular weight excluding hydrogens is 482 g/mol. The number of rotatable bonds is 4. The third-order valence-electron chi connectivity index (χ3n) is 6.34. The quantitative estimate of drug-likeness (QED) is 0.391. The Balaban J connectivity index is 1.26. The molecule has 1 fully saturated rings. The number of fused-ring (bicyclic) bond motifs is 1. The van der Waals surface area contributed by atoms with E-state index in [1.807, 2.05) is 72.5 Å². The lowest BCUT2D eigenvalue weighted by Gasteiger charge is -2.34. The molecule has 35 heavy (non-hydrogen) atoms. The van der Waals surface area contributed by atoms with Gasteiger partial charge in [0.15, 0.2) is 12.4 Å². The van der Waals surface area contributed by atoms with Gasteiger partial charge in [-0.3, -0.25) is 4.79 Å². The van der Waals surface area contributed by atoms with Gasteiger partial charge in [-0.15, -0.1) is 0 Å². The molecule has 5 rings (SSSR count). The number of pyridine rings is 1. The van der Waals surface area contributed by atoms with Crippen LogP contribution in [0.15, 0.2) is 90.1 Å². The van der Waals surface area contributed by atoms with Gasteiger partial charge >= 0.3 is 0 Å². The topological polar surface area (TPSA) is 61.6 Å². The molecule has 1 saturated heterocycles. The first-order chi connectivity index (χ1) is 16.8. The smallest absolute Gasteiger partial charge is 0.253 e. The molecule has 1 amide bonds. The van der Waals surface area contributed by atoms with Crippen LogP contribution in [0.4, 0.5) is 0 Å². The lowest BCUT2D eigenvalue weighted by molar-refractivity contribution is -0.671. The maximum Gasteiger partial charge on any atom is 0.253 e. The van der Waals surface area contributed by atoms with E-state index in [2.05, 4.69) is 0 Å². The van der Waals surface area contributed by atoms with E-state index in [0.29, 0.717) is 23.7 Å². The molecule has 1 aliphatic heterocycles. The average molecular weight is 507 g/mol. The number of amides is 1. The number of hydrogen-bond acceptors (Lipinski definition) is 3. The maximum absolute atomic E-state index is 13.2. The number of halogens is 1. The predicted octanol–water partition coefficient (Wildman–Crippen LogP) is 4.13. The fraction of sp³-hybridized carbons (Fsp3) is 0.185. The Morgan fingerprint density at radius 3 is 2.26 bits per heavy atom. The molecule has 2 heterocycles. The summed E-state index contributed by atoms with van der Waals surface area (Å²) in [5.74, 6) is -0.0881. The number of benzene rings is 3. The van der Waals surface area contributed by atoms with Gasteiger partial charge in [0.05, 0.1) is 4.90 Å². The minimum absolute atomic E-state index is 0.0881. The largest absolute Gasteiger partial charge is 0.336 e. The summed E-state index contributed by atoms with van der Waals surface area (Å²) in [5, 5.41) is 2.31. The molecule has 0 saturated carbocycles. The molecule has 6 nitrogen and oxygen atoms in total. The lowest BCUT2D eigenvalue weighted by atomic mass is 10.0. The van der Waals surface area contributed by atoms with Crippen LogP contribution < -0.4 is 4.57 Å². The highest BCUT2D eigenvalue weighted by Crippen LogP contribution is 2.25. The molecule has 1 aromatic heterocycles. The van der Waals surface area contributed by atoms with Crippen LogP contribution in [0.2, 0.25) is 5.02 Å². The number of aromatic nitrogens is 1. The molecule has 0 aliphatic carbocycles. The van der Waals surface area contributed by atoms with Crippen LogP contribution in [0.25, 0.3) is 21.9 Å². The van der Waals surface area contributed by atoms with Crippen molar-refractivity contribution in [3.8, 4) is 11.1 Å². The lowest BCUT2D eigenvalue weighted by Crippen LogP contribution is -2.50. The monoisotopic (exact) mass is 506 g/mol. The van der Waals surface area contributed by atoms with Crippen molar-refractivity contribution in [2.75, 3.05) is 26.2 Å². The summed E-state index contributed by atoms with van der Waals surface area (Å²) in [7, 11) is -1.69. The molecule has 0 bridgehead atoms. The first-order valence-electron chi connectivity index (χ1n) is 11.4. The van der Waals surface area contributed by atoms with Gasteiger partial charge in [0.25, 0.3) is 5.91 Å². The summed E-state index contributed by atoms with van der Waals surface area (Å²) in [6, 6.07) is 22.0. The fourth-order valence-corrected chi connectivity index (χ4v) is 6.02. The highest BCUT2D eigenvalue weighted by molar-refractivity contribution is 7.89. The number of aryl methyl sites for hydroxylation is 1. The zero-order chi connectivity index (χ0) is 24.6. The second-order valence-electron chi connectivity index (χ2n) is 8.69. The minimum Gasteiger partial charge on any atom is -0.336 e. The minimum atomic E-state index is -3.66. The number of sulfonamides is 1. The fourth-order valence-electron chi connectivity index (χ4n) is 4.38. The predicted molar refractivity (Wildman–Crippen MR) is 137 cm³/mol. The van der Waals surface area contributed by atoms with E-state index >= 15 is 0 Å². The molecule has 0 unspecified atom stereocenters. The number of hydrogen-bond donors (Lipinski definition) is 0. The summed E-state index contributed by atoms with van der Waals surface area (Å²) in [6.07, 6.45) is 4.00. The number of nitrogens with zero attached hydrogens (tertiary/aromatic N) is 3. The van der Waals surface area contributed by atoms with E-state index in [9.17, 15) is 13.2 Å². The normalized spacial score (nSPS) is 14.9. The van der Waals surface area contributed by atoms with E-state index in [0.717, 1.165) is 21.9 Å². The Bertz CT molecular complexity index is 1510. The number of carbonyl (C=O) groups is 1. The molecule has 8 heteroatoms. The van der Waals surface area contributed by atoms with Crippen LogP contribution in [0.5, 0.6) is 0 Å². The van der Waals surface area contributed by atoms with E-state index in [1.54, 1.807) is 29.2 Å². The Morgan fingerprint density at radius 1 is 0.857 bits per heavy atom. The first-order valence-corrected chi connectivity index (χ1v) is 13.2. The number of piperazine rings is 1. The molecule has 178 valence electrons. The zero-order valence-corrected chi connectivity index (χ0v) is 20.8. The van der Waals surface area contributed by atoms with Crippen LogP contribution in [0, 0.1) is 0 Å². The molecule has 4 aromatic rings. The third kappa shape index (κ3) is 4.80. The van der Waals surface area contributed by atoms with Crippen LogP contribution in [-0.4, -0.2) is 49.7 Å². The van der Waals surface area contributed by atoms with Gasteiger partial charge in [-0.1, -0.05) is 35.9 Å². The second kappa shape index (κ2) is 9.41. The van der Waals surface area contributed by atoms with Gasteiger partial charge < -0.3 is 4.90 Å². The summed E-state index contributed by atoms with van der Waals surface area (Å²) < 4.78 is 29.9. The summed E-state index contributed by atoms with van der Waals surface area (Å²) in [5.41, 5.74) is 2.70. The van der Waals surface area contributed by atoms with Crippen LogP contribution in [-0.2, 0) is 17.1 Å². The Hall–Kier alpha value is -3.26. The molecule has 1 aliphatic rings. The highest BCUT2D eigenvalue weighted by atomic mass is 35.5. The van der Waals surface area contributed by atoms with E-state index in [-0.39, 0.29) is 23.9 Å². The van der Waals surface area contributed by atoms with Crippen molar-refractivity contribution in [1.29, 1.82) is 0 Å². The summed E-state index contributed by atoms with van der Waals surface area (Å²) in [6.45, 7) is 1.20. The zero-order valence-electron chi connectivity index (χ0n) is 19.3. The molecular formula is C27H25ClN3O3S+. The Kier molecular flexibility index (Phi) is 6.32. The molecule has 3 aromatic carbocycles. The Morgan fingerprint density at radius 2 is 1.54 bits per heavy atom. The second-order valence-corrected chi connectivity index (χ2v) is 11.1. The maximum atomic E-state index is 13.2. The third-order valence-corrected chi connectivity index (χ3v) is 8.47. The van der Waals surface area contributed by atoms with E-state index in [4.69, 9.17) is 11.6 Å². The van der Waals surface area contributed by atoms with Crippen LogP contribution in [0.1, 0.15) is 10.4 Å². The van der Waals surface area contributed by atoms with Crippen molar-refractivity contribution in [1.82, 2.24) is 9.21 Å². The van der Waals surface area contributed by atoms with Gasteiger partial charge in [-0.25, -0.2) is 13.0 Å². The molecule has 0 N–H and O–H groups in total. The van der Waals surface area contributed by atoms with Gasteiger partial charge in [-0.2, -0.15) is 4.31 Å². The van der Waals surface area contributed by atoms with Gasteiger partial charge in [0.2, 0.25) is 10.0 Å². The van der Waals surface area contributed by atoms with Crippen molar-refractivity contribution in [2.45, 2.75) is 4.90 Å². The Labute approximate surface area is 210 Å². The van der Waals surface area contributed by atoms with Gasteiger partial charge in [0, 0.05) is 48.4 Å². The van der Waals surface area contributed by atoms with Crippen molar-refractivity contribution in [3.63, 3.8) is 0 Å². The van der Waals surface area contributed by atoms with Crippen LogP contribution in [0.3, 0.4) is 0 Å². The SMILES string of the molecule is C[n+]1cccc(-c2ccc(C(=O)N3CCN(S(=O)(=O)c4ccc5cc(Cl)ccc5c4)CC3)cc2)c1. The van der Waals surface area contributed by atoms with Crippen molar-refractivity contribution < 1.29 is 17.8 Å². The van der Waals surface area contributed by atoms with Crippen LogP contribution >= 0.6 is 11.6 Å². The van der Waals surface area contributed by atoms with E-state index < -0.39 is 10.0 Å². The average Bonchev–Trinajstić information content (AvgIpc) is 2.88. The molecule has 0 atom stereocenters. The summed E-state index contributed by atoms with van der Waals surface area (Å²) >= 11 is 6.04. The van der Waals surface area contributed by atoms with Gasteiger partial charge in [0.1, 0.15) is 7.05 Å².